The lowest BCUT2D eigenvalue weighted by molar-refractivity contribution is 0.414. The van der Waals surface area contributed by atoms with Crippen molar-refractivity contribution in [2.45, 2.75) is 26.2 Å². The van der Waals surface area contributed by atoms with Crippen LogP contribution in [0.1, 0.15) is 25.6 Å². The predicted octanol–water partition coefficient (Wildman–Crippen LogP) is 4.22. The summed E-state index contributed by atoms with van der Waals surface area (Å²) in [4.78, 5) is 22.8. The van der Waals surface area contributed by atoms with E-state index in [1.807, 2.05) is 37.3 Å². The Morgan fingerprint density at radius 3 is 2.85 bits per heavy atom. The van der Waals surface area contributed by atoms with E-state index in [9.17, 15) is 4.79 Å². The van der Waals surface area contributed by atoms with Gasteiger partial charge in [-0.25, -0.2) is 4.98 Å². The Kier molecular flexibility index (Phi) is 4.59. The summed E-state index contributed by atoms with van der Waals surface area (Å²) >= 11 is 0. The largest absolute Gasteiger partial charge is 0.497 e. The summed E-state index contributed by atoms with van der Waals surface area (Å²) in [5, 5.41) is 0.579. The number of nitrogens with zero attached hydrogens (tertiary/aromatic N) is 3. The number of ether oxygens (including phenoxy) is 1. The van der Waals surface area contributed by atoms with Gasteiger partial charge in [0.1, 0.15) is 11.6 Å². The van der Waals surface area contributed by atoms with Crippen molar-refractivity contribution < 1.29 is 4.74 Å². The summed E-state index contributed by atoms with van der Waals surface area (Å²) in [7, 11) is 1.62. The highest BCUT2D eigenvalue weighted by Gasteiger charge is 2.17. The molecule has 0 bridgehead atoms. The van der Waals surface area contributed by atoms with Gasteiger partial charge < -0.3 is 4.74 Å². The van der Waals surface area contributed by atoms with E-state index in [2.05, 4.69) is 17.1 Å². The topological polar surface area (TPSA) is 57.0 Å². The van der Waals surface area contributed by atoms with Crippen LogP contribution in [-0.2, 0) is 6.42 Å². The van der Waals surface area contributed by atoms with Gasteiger partial charge in [-0.3, -0.25) is 14.3 Å². The van der Waals surface area contributed by atoms with Gasteiger partial charge in [0.2, 0.25) is 0 Å². The van der Waals surface area contributed by atoms with Crippen LogP contribution in [0.3, 0.4) is 0 Å². The van der Waals surface area contributed by atoms with Gasteiger partial charge >= 0.3 is 0 Å². The molecule has 5 nitrogen and oxygen atoms in total. The Morgan fingerprint density at radius 1 is 1.22 bits per heavy atom. The second kappa shape index (κ2) is 7.19. The molecule has 1 aliphatic carbocycles. The maximum absolute atomic E-state index is 13.5. The van der Waals surface area contributed by atoms with Crippen molar-refractivity contribution in [2.75, 3.05) is 7.11 Å². The lowest BCUT2D eigenvalue weighted by Gasteiger charge is -2.16. The Bertz CT molecular complexity index is 1130. The van der Waals surface area contributed by atoms with E-state index < -0.39 is 0 Å². The third kappa shape index (κ3) is 3.05. The number of aromatic nitrogens is 3. The molecule has 3 aromatic rings. The average molecular weight is 359 g/mol. The van der Waals surface area contributed by atoms with Gasteiger partial charge in [0.05, 0.1) is 23.7 Å². The van der Waals surface area contributed by atoms with E-state index in [-0.39, 0.29) is 5.56 Å². The highest BCUT2D eigenvalue weighted by molar-refractivity contribution is 5.93. The minimum atomic E-state index is -0.0603. The first-order valence-corrected chi connectivity index (χ1v) is 9.15. The van der Waals surface area contributed by atoms with Gasteiger partial charge in [-0.1, -0.05) is 31.2 Å². The molecular formula is C22H21N3O2. The highest BCUT2D eigenvalue weighted by Crippen LogP contribution is 2.27. The van der Waals surface area contributed by atoms with Gasteiger partial charge in [0.15, 0.2) is 0 Å². The van der Waals surface area contributed by atoms with Crippen LogP contribution >= 0.6 is 0 Å². The Balaban J connectivity index is 2.04. The maximum Gasteiger partial charge on any atom is 0.266 e. The molecule has 0 amide bonds. The first kappa shape index (κ1) is 17.2. The molecule has 0 saturated heterocycles. The van der Waals surface area contributed by atoms with Crippen molar-refractivity contribution in [3.63, 3.8) is 0 Å². The quantitative estimate of drug-likeness (QED) is 0.700. The van der Waals surface area contributed by atoms with E-state index in [4.69, 9.17) is 9.72 Å². The number of hydrogen-bond donors (Lipinski definition) is 0. The molecule has 0 N–H and O–H groups in total. The van der Waals surface area contributed by atoms with E-state index in [1.54, 1.807) is 23.9 Å². The molecule has 0 atom stereocenters. The second-order valence-electron chi connectivity index (χ2n) is 6.41. The van der Waals surface area contributed by atoms with Crippen LogP contribution in [0.25, 0.3) is 27.9 Å². The van der Waals surface area contributed by atoms with Crippen LogP contribution in [0.4, 0.5) is 0 Å². The smallest absolute Gasteiger partial charge is 0.266 e. The van der Waals surface area contributed by atoms with Crippen LogP contribution in [0, 0.1) is 0 Å². The van der Waals surface area contributed by atoms with Crippen LogP contribution in [0.15, 0.2) is 59.6 Å². The molecule has 1 aliphatic rings. The number of methoxy groups -OCH3 is 1. The normalized spacial score (nSPS) is 13.6. The van der Waals surface area contributed by atoms with Crippen molar-refractivity contribution >= 4 is 16.6 Å². The second-order valence-corrected chi connectivity index (χ2v) is 6.41. The Hall–Kier alpha value is -3.21. The fourth-order valence-corrected chi connectivity index (χ4v) is 3.44. The van der Waals surface area contributed by atoms with E-state index in [0.29, 0.717) is 28.8 Å². The van der Waals surface area contributed by atoms with Crippen molar-refractivity contribution in [3.8, 4) is 17.0 Å². The zero-order valence-corrected chi connectivity index (χ0v) is 15.5. The van der Waals surface area contributed by atoms with Gasteiger partial charge in [0.25, 0.3) is 5.56 Å². The number of allylic oxidation sites excluding steroid dienone is 4. The van der Waals surface area contributed by atoms with Crippen LogP contribution in [0.2, 0.25) is 0 Å². The molecule has 0 fully saturated rings. The Labute approximate surface area is 157 Å². The van der Waals surface area contributed by atoms with Gasteiger partial charge in [-0.15, -0.1) is 0 Å². The first-order valence-electron chi connectivity index (χ1n) is 9.15. The summed E-state index contributed by atoms with van der Waals surface area (Å²) in [6.45, 7) is 2.02. The monoisotopic (exact) mass is 359 g/mol. The molecule has 0 unspecified atom stereocenters. The summed E-state index contributed by atoms with van der Waals surface area (Å²) < 4.78 is 7.05. The lowest BCUT2D eigenvalue weighted by Crippen LogP contribution is -2.25. The number of aryl methyl sites for hydroxylation is 1. The summed E-state index contributed by atoms with van der Waals surface area (Å²) in [5.74, 6) is 1.47. The van der Waals surface area contributed by atoms with E-state index in [1.165, 1.54) is 0 Å². The molecule has 1 aromatic carbocycles. The average Bonchev–Trinajstić information content (AvgIpc) is 2.73. The maximum atomic E-state index is 13.5. The van der Waals surface area contributed by atoms with Crippen LogP contribution in [0.5, 0.6) is 5.75 Å². The van der Waals surface area contributed by atoms with Gasteiger partial charge in [0, 0.05) is 29.9 Å². The minimum absolute atomic E-state index is 0.0603. The molecule has 4 rings (SSSR count). The van der Waals surface area contributed by atoms with Gasteiger partial charge in [-0.2, -0.15) is 0 Å². The summed E-state index contributed by atoms with van der Waals surface area (Å²) in [6, 6.07) is 9.34. The number of rotatable bonds is 4. The predicted molar refractivity (Wildman–Crippen MR) is 108 cm³/mol. The molecule has 27 heavy (non-hydrogen) atoms. The number of hydrogen-bond acceptors (Lipinski definition) is 4. The SMILES string of the molecule is CCc1nc2cccc(-c3cc(OC)ccn3)c2c(=O)n1C1=CCCC=C1. The van der Waals surface area contributed by atoms with E-state index >= 15 is 0 Å². The zero-order chi connectivity index (χ0) is 18.8. The first-order chi connectivity index (χ1) is 13.2. The van der Waals surface area contributed by atoms with Crippen molar-refractivity contribution in [2.24, 2.45) is 0 Å². The minimum Gasteiger partial charge on any atom is -0.497 e. The lowest BCUT2D eigenvalue weighted by atomic mass is 10.0. The van der Waals surface area contributed by atoms with Crippen LogP contribution in [-0.4, -0.2) is 21.6 Å². The molecule has 136 valence electrons. The van der Waals surface area contributed by atoms with Gasteiger partial charge in [-0.05, 0) is 31.1 Å². The number of benzene rings is 1. The van der Waals surface area contributed by atoms with Crippen LogP contribution < -0.4 is 10.3 Å². The molecule has 2 heterocycles. The third-order valence-electron chi connectivity index (χ3n) is 4.76. The molecular weight excluding hydrogens is 338 g/mol. The van der Waals surface area contributed by atoms with Crippen molar-refractivity contribution in [1.29, 1.82) is 0 Å². The summed E-state index contributed by atoms with van der Waals surface area (Å²) in [5.41, 5.74) is 2.99. The van der Waals surface area contributed by atoms with E-state index in [0.717, 1.165) is 29.9 Å². The molecule has 2 aromatic heterocycles. The summed E-state index contributed by atoms with van der Waals surface area (Å²) in [6.07, 6.45) is 10.5. The molecule has 0 spiro atoms. The number of pyridine rings is 1. The fraction of sp³-hybridized carbons (Fsp3) is 0.227. The third-order valence-corrected chi connectivity index (χ3v) is 4.76. The molecule has 5 heteroatoms. The molecule has 0 radical (unpaired) electrons. The standard InChI is InChI=1S/C22H21N3O2/c1-3-20-24-18-11-7-10-17(19-14-16(27-2)12-13-23-19)21(18)22(26)25(20)15-8-5-4-6-9-15/h5,7-14H,3-4,6H2,1-2H3. The van der Waals surface area contributed by atoms with Crippen molar-refractivity contribution in [3.05, 3.63) is 70.9 Å². The zero-order valence-electron chi connectivity index (χ0n) is 15.5. The highest BCUT2D eigenvalue weighted by atomic mass is 16.5. The fourth-order valence-electron chi connectivity index (χ4n) is 3.44. The van der Waals surface area contributed by atoms with Crippen molar-refractivity contribution in [1.82, 2.24) is 14.5 Å². The Morgan fingerprint density at radius 2 is 2.11 bits per heavy atom. The molecule has 0 aliphatic heterocycles. The molecule has 0 saturated carbocycles. The number of fused-ring (bicyclic) bond motifs is 1.